The maximum absolute atomic E-state index is 13.2. The first-order chi connectivity index (χ1) is 22.2. The Morgan fingerprint density at radius 3 is 2.22 bits per heavy atom. The third-order valence-electron chi connectivity index (χ3n) is 6.52. The van der Waals surface area contributed by atoms with Crippen molar-refractivity contribution in [2.75, 3.05) is 33.4 Å². The van der Waals surface area contributed by atoms with Crippen LogP contribution in [0.2, 0.25) is 0 Å². The van der Waals surface area contributed by atoms with Gasteiger partial charge in [-0.25, -0.2) is 10.2 Å². The molecule has 1 aliphatic heterocycles. The molecular formula is C32H25Br2N3O9. The van der Waals surface area contributed by atoms with E-state index in [4.69, 9.17) is 28.4 Å². The van der Waals surface area contributed by atoms with Gasteiger partial charge in [0.1, 0.15) is 0 Å². The molecular weight excluding hydrogens is 730 g/mol. The summed E-state index contributed by atoms with van der Waals surface area (Å²) in [7, 11) is 4.33. The first-order valence-corrected chi connectivity index (χ1v) is 14.9. The number of benzene rings is 4. The van der Waals surface area contributed by atoms with Gasteiger partial charge in [-0.05, 0) is 76.6 Å². The molecule has 1 heterocycles. The molecule has 0 radical (unpaired) electrons. The van der Waals surface area contributed by atoms with Gasteiger partial charge in [0, 0.05) is 26.9 Å². The Hall–Kier alpha value is -5.08. The van der Waals surface area contributed by atoms with Crippen LogP contribution in [0.15, 0.2) is 80.8 Å². The number of halogens is 2. The molecule has 46 heavy (non-hydrogen) atoms. The van der Waals surface area contributed by atoms with Crippen LogP contribution in [0.4, 0.5) is 5.69 Å². The molecule has 4 aromatic rings. The van der Waals surface area contributed by atoms with Crippen molar-refractivity contribution < 1.29 is 42.8 Å². The molecule has 0 saturated carbocycles. The van der Waals surface area contributed by atoms with Gasteiger partial charge in [-0.2, -0.15) is 5.10 Å². The molecule has 0 spiro atoms. The van der Waals surface area contributed by atoms with Crippen LogP contribution in [0.3, 0.4) is 0 Å². The van der Waals surface area contributed by atoms with Crippen molar-refractivity contribution in [3.63, 3.8) is 0 Å². The molecule has 0 unspecified atom stereocenters. The zero-order valence-electron chi connectivity index (χ0n) is 24.5. The lowest BCUT2D eigenvalue weighted by atomic mass is 10.1. The molecule has 0 saturated heterocycles. The smallest absolute Gasteiger partial charge is 0.343 e. The fourth-order valence-corrected chi connectivity index (χ4v) is 5.68. The van der Waals surface area contributed by atoms with Crippen molar-refractivity contribution in [3.8, 4) is 34.5 Å². The lowest BCUT2D eigenvalue weighted by molar-refractivity contribution is 0.0731. The van der Waals surface area contributed by atoms with Gasteiger partial charge in [-0.3, -0.25) is 9.59 Å². The van der Waals surface area contributed by atoms with Crippen LogP contribution >= 0.6 is 31.9 Å². The summed E-state index contributed by atoms with van der Waals surface area (Å²) in [6.07, 6.45) is 1.33. The van der Waals surface area contributed by atoms with Crippen LogP contribution in [0, 0.1) is 0 Å². The van der Waals surface area contributed by atoms with E-state index in [-0.39, 0.29) is 41.1 Å². The number of hydrogen-bond acceptors (Lipinski definition) is 10. The van der Waals surface area contributed by atoms with Gasteiger partial charge in [0.15, 0.2) is 28.7 Å². The van der Waals surface area contributed by atoms with Gasteiger partial charge in [-0.15, -0.1) is 0 Å². The summed E-state index contributed by atoms with van der Waals surface area (Å²) in [6, 6.07) is 17.5. The normalized spacial score (nSPS) is 11.6. The zero-order valence-corrected chi connectivity index (χ0v) is 27.7. The molecule has 0 fully saturated rings. The van der Waals surface area contributed by atoms with Crippen LogP contribution in [-0.4, -0.2) is 52.1 Å². The molecule has 2 amide bonds. The Kier molecular flexibility index (Phi) is 10.1. The second-order valence-electron chi connectivity index (χ2n) is 9.41. The molecule has 0 aliphatic carbocycles. The molecule has 236 valence electrons. The molecule has 1 aliphatic rings. The number of esters is 1. The van der Waals surface area contributed by atoms with E-state index in [1.807, 2.05) is 0 Å². The van der Waals surface area contributed by atoms with E-state index in [1.165, 1.54) is 45.7 Å². The van der Waals surface area contributed by atoms with Gasteiger partial charge in [-0.1, -0.05) is 22.0 Å². The number of fused-ring (bicyclic) bond motifs is 1. The summed E-state index contributed by atoms with van der Waals surface area (Å²) in [5, 5.41) is 6.83. The highest BCUT2D eigenvalue weighted by atomic mass is 79.9. The number of rotatable bonds is 10. The molecule has 0 atom stereocenters. The molecule has 0 aromatic heterocycles. The van der Waals surface area contributed by atoms with Gasteiger partial charge in [0.25, 0.3) is 11.8 Å². The third-order valence-corrected chi connectivity index (χ3v) is 7.57. The van der Waals surface area contributed by atoms with E-state index in [2.05, 4.69) is 47.7 Å². The van der Waals surface area contributed by atoms with Crippen molar-refractivity contribution in [2.24, 2.45) is 5.10 Å². The van der Waals surface area contributed by atoms with E-state index in [1.54, 1.807) is 48.5 Å². The van der Waals surface area contributed by atoms with Crippen molar-refractivity contribution >= 4 is 61.5 Å². The molecule has 14 heteroatoms. The Labute approximate surface area is 279 Å². The van der Waals surface area contributed by atoms with E-state index >= 15 is 0 Å². The van der Waals surface area contributed by atoms with E-state index in [0.29, 0.717) is 43.0 Å². The Bertz CT molecular complexity index is 1840. The molecule has 0 bridgehead atoms. The molecule has 2 N–H and O–H groups in total. The summed E-state index contributed by atoms with van der Waals surface area (Å²) in [4.78, 5) is 38.9. The van der Waals surface area contributed by atoms with Gasteiger partial charge >= 0.3 is 5.97 Å². The van der Waals surface area contributed by atoms with E-state index < -0.39 is 11.9 Å². The van der Waals surface area contributed by atoms with Crippen LogP contribution in [0.25, 0.3) is 0 Å². The van der Waals surface area contributed by atoms with Crippen LogP contribution < -0.4 is 39.2 Å². The second-order valence-corrected chi connectivity index (χ2v) is 11.2. The summed E-state index contributed by atoms with van der Waals surface area (Å²) < 4.78 is 33.4. The number of nitrogens with one attached hydrogen (secondary N) is 2. The zero-order chi connectivity index (χ0) is 32.8. The molecule has 5 rings (SSSR count). The predicted molar refractivity (Wildman–Crippen MR) is 175 cm³/mol. The van der Waals surface area contributed by atoms with Crippen LogP contribution in [0.1, 0.15) is 36.6 Å². The summed E-state index contributed by atoms with van der Waals surface area (Å²) in [6.45, 7) is 0.0975. The number of carbonyl (C=O) groups is 3. The van der Waals surface area contributed by atoms with Crippen molar-refractivity contribution in [1.29, 1.82) is 0 Å². The highest BCUT2D eigenvalue weighted by Gasteiger charge is 2.21. The number of methoxy groups -OCH3 is 3. The largest absolute Gasteiger partial charge is 0.493 e. The highest BCUT2D eigenvalue weighted by molar-refractivity contribution is 9.11. The summed E-state index contributed by atoms with van der Waals surface area (Å²) in [5.74, 6) is 0.448. The third kappa shape index (κ3) is 7.24. The maximum atomic E-state index is 13.2. The SMILES string of the molecule is COc1cc(C(=O)Oc2c(Br)cc(Br)cc2C=NNC(=O)c2cccc(NC(=O)c3ccc4c(c3)OCO4)c2)cc(OC)c1OC. The number of ether oxygens (including phenoxy) is 6. The number of amides is 2. The Balaban J connectivity index is 1.29. The van der Waals surface area contributed by atoms with Gasteiger partial charge in [0.05, 0.1) is 37.6 Å². The summed E-state index contributed by atoms with van der Waals surface area (Å²) in [5.41, 5.74) is 3.97. The second kappa shape index (κ2) is 14.3. The first kappa shape index (κ1) is 32.3. The number of nitrogens with zero attached hydrogens (tertiary/aromatic N) is 1. The maximum Gasteiger partial charge on any atom is 0.343 e. The Morgan fingerprint density at radius 1 is 0.783 bits per heavy atom. The molecule has 12 nitrogen and oxygen atoms in total. The van der Waals surface area contributed by atoms with E-state index in [0.717, 1.165) is 0 Å². The fraction of sp³-hybridized carbons (Fsp3) is 0.125. The van der Waals surface area contributed by atoms with Gasteiger partial charge in [0.2, 0.25) is 12.5 Å². The Morgan fingerprint density at radius 2 is 1.50 bits per heavy atom. The first-order valence-electron chi connectivity index (χ1n) is 13.4. The monoisotopic (exact) mass is 753 g/mol. The lowest BCUT2D eigenvalue weighted by Crippen LogP contribution is -2.18. The minimum absolute atomic E-state index is 0.0975. The van der Waals surface area contributed by atoms with Crippen molar-refractivity contribution in [3.05, 3.63) is 97.9 Å². The number of hydrazone groups is 1. The number of carbonyl (C=O) groups excluding carboxylic acids is 3. The average Bonchev–Trinajstić information content (AvgIpc) is 3.53. The predicted octanol–water partition coefficient (Wildman–Crippen LogP) is 6.20. The minimum atomic E-state index is -0.708. The molecule has 4 aromatic carbocycles. The van der Waals surface area contributed by atoms with Crippen molar-refractivity contribution in [2.45, 2.75) is 0 Å². The topological polar surface area (TPSA) is 143 Å². The quantitative estimate of drug-likeness (QED) is 0.0838. The highest BCUT2D eigenvalue weighted by Crippen LogP contribution is 2.39. The fourth-order valence-electron chi connectivity index (χ4n) is 4.34. The lowest BCUT2D eigenvalue weighted by Gasteiger charge is -2.15. The van der Waals surface area contributed by atoms with Crippen molar-refractivity contribution in [1.82, 2.24) is 5.43 Å². The van der Waals surface area contributed by atoms with Crippen LogP contribution in [0.5, 0.6) is 34.5 Å². The number of hydrogen-bond donors (Lipinski definition) is 2. The van der Waals surface area contributed by atoms with Crippen LogP contribution in [-0.2, 0) is 0 Å². The number of anilines is 1. The minimum Gasteiger partial charge on any atom is -0.493 e. The van der Waals surface area contributed by atoms with E-state index in [9.17, 15) is 14.4 Å². The average molecular weight is 755 g/mol. The standard InChI is InChI=1S/C32H25Br2N3O9/c1-41-26-12-19(13-27(42-2)29(26)43-3)32(40)46-28-20(9-21(33)14-23(28)34)15-35-37-31(39)17-5-4-6-22(10-17)36-30(38)18-7-8-24-25(11-18)45-16-44-24/h4-15H,16H2,1-3H3,(H,36,38)(H,37,39). The summed E-state index contributed by atoms with van der Waals surface area (Å²) >= 11 is 6.84. The van der Waals surface area contributed by atoms with Gasteiger partial charge < -0.3 is 33.7 Å².